The van der Waals surface area contributed by atoms with Gasteiger partial charge in [0.1, 0.15) is 0 Å². The van der Waals surface area contributed by atoms with Crippen LogP contribution in [0.3, 0.4) is 0 Å². The molecule has 0 aromatic carbocycles. The third kappa shape index (κ3) is 4.91. The molecule has 4 nitrogen and oxygen atoms in total. The molecule has 0 fully saturated rings. The number of amides is 1. The first-order valence-corrected chi connectivity index (χ1v) is 6.28. The zero-order valence-electron chi connectivity index (χ0n) is 9.63. The number of hydrogen-bond acceptors (Lipinski definition) is 2. The second-order valence-corrected chi connectivity index (χ2v) is 5.72. The Kier molecular flexibility index (Phi) is 4.77. The molecule has 0 aliphatic carbocycles. The molecule has 0 bridgehead atoms. The molecule has 17 heavy (non-hydrogen) atoms. The average Bonchev–Trinajstić information content (AvgIpc) is 2.14. The van der Waals surface area contributed by atoms with Crippen LogP contribution in [0.1, 0.15) is 26.0 Å². The normalized spacial score (nSPS) is 11.3. The standard InChI is InChI=1S/C11H14BrClN2O2/c1-11(2,15-10(16)17)4-3-9-8(13)5-7(12)6-14-9/h5-6,15H,3-4H2,1-2H3,(H,16,17). The van der Waals surface area contributed by atoms with Gasteiger partial charge < -0.3 is 10.4 Å². The fourth-order valence-electron chi connectivity index (χ4n) is 1.41. The van der Waals surface area contributed by atoms with Crippen molar-refractivity contribution in [3.63, 3.8) is 0 Å². The fraction of sp³-hybridized carbons (Fsp3) is 0.455. The molecule has 0 saturated carbocycles. The maximum Gasteiger partial charge on any atom is 0.405 e. The van der Waals surface area contributed by atoms with Gasteiger partial charge in [-0.05, 0) is 48.7 Å². The van der Waals surface area contributed by atoms with E-state index in [1.807, 2.05) is 13.8 Å². The second kappa shape index (κ2) is 5.69. The Labute approximate surface area is 114 Å². The molecule has 1 aromatic heterocycles. The molecular weight excluding hydrogens is 307 g/mol. The summed E-state index contributed by atoms with van der Waals surface area (Å²) in [6.07, 6.45) is 1.91. The number of hydrogen-bond donors (Lipinski definition) is 2. The highest BCUT2D eigenvalue weighted by atomic mass is 79.9. The van der Waals surface area contributed by atoms with E-state index in [9.17, 15) is 4.79 Å². The number of nitrogens with one attached hydrogen (secondary N) is 1. The summed E-state index contributed by atoms with van der Waals surface area (Å²) < 4.78 is 0.828. The molecule has 1 heterocycles. The number of pyridine rings is 1. The molecular formula is C11H14BrClN2O2. The van der Waals surface area contributed by atoms with Gasteiger partial charge in [-0.15, -0.1) is 0 Å². The lowest BCUT2D eigenvalue weighted by Crippen LogP contribution is -2.42. The van der Waals surface area contributed by atoms with Crippen LogP contribution in [0.15, 0.2) is 16.7 Å². The molecule has 0 radical (unpaired) electrons. The van der Waals surface area contributed by atoms with Gasteiger partial charge in [-0.2, -0.15) is 0 Å². The predicted molar refractivity (Wildman–Crippen MR) is 70.5 cm³/mol. The molecule has 0 atom stereocenters. The first kappa shape index (κ1) is 14.3. The summed E-state index contributed by atoms with van der Waals surface area (Å²) >= 11 is 9.32. The Morgan fingerprint density at radius 2 is 2.29 bits per heavy atom. The Bertz CT molecular complexity index is 424. The summed E-state index contributed by atoms with van der Waals surface area (Å²) in [5.74, 6) is 0. The van der Waals surface area contributed by atoms with Gasteiger partial charge in [-0.1, -0.05) is 11.6 Å². The molecule has 0 unspecified atom stereocenters. The van der Waals surface area contributed by atoms with Crippen LogP contribution >= 0.6 is 27.5 Å². The summed E-state index contributed by atoms with van der Waals surface area (Å²) in [5.41, 5.74) is 0.277. The van der Waals surface area contributed by atoms with Gasteiger partial charge in [0.2, 0.25) is 0 Å². The number of aromatic nitrogens is 1. The highest BCUT2D eigenvalue weighted by molar-refractivity contribution is 9.10. The Balaban J connectivity index is 2.64. The Morgan fingerprint density at radius 3 is 2.82 bits per heavy atom. The van der Waals surface area contributed by atoms with Crippen LogP contribution in [0.5, 0.6) is 0 Å². The van der Waals surface area contributed by atoms with Crippen LogP contribution in [-0.2, 0) is 6.42 Å². The molecule has 0 spiro atoms. The largest absolute Gasteiger partial charge is 0.465 e. The fourth-order valence-corrected chi connectivity index (χ4v) is 2.13. The first-order chi connectivity index (χ1) is 7.80. The average molecular weight is 322 g/mol. The number of nitrogens with zero attached hydrogens (tertiary/aromatic N) is 1. The lowest BCUT2D eigenvalue weighted by Gasteiger charge is -2.24. The predicted octanol–water partition coefficient (Wildman–Crippen LogP) is 3.48. The van der Waals surface area contributed by atoms with E-state index in [1.165, 1.54) is 0 Å². The van der Waals surface area contributed by atoms with Gasteiger partial charge in [0.05, 0.1) is 10.7 Å². The van der Waals surface area contributed by atoms with Crippen molar-refractivity contribution in [1.29, 1.82) is 0 Å². The summed E-state index contributed by atoms with van der Waals surface area (Å²) in [5, 5.41) is 11.7. The highest BCUT2D eigenvalue weighted by Gasteiger charge is 2.20. The van der Waals surface area contributed by atoms with E-state index in [0.717, 1.165) is 10.2 Å². The molecule has 1 aromatic rings. The zero-order valence-corrected chi connectivity index (χ0v) is 12.0. The van der Waals surface area contributed by atoms with E-state index in [-0.39, 0.29) is 0 Å². The summed E-state index contributed by atoms with van der Waals surface area (Å²) in [6, 6.07) is 1.78. The third-order valence-corrected chi connectivity index (χ3v) is 3.08. The Hall–Kier alpha value is -0.810. The zero-order chi connectivity index (χ0) is 13.1. The van der Waals surface area contributed by atoms with Crippen molar-refractivity contribution in [2.45, 2.75) is 32.2 Å². The van der Waals surface area contributed by atoms with Gasteiger partial charge in [-0.3, -0.25) is 4.98 Å². The number of carbonyl (C=O) groups is 1. The van der Waals surface area contributed by atoms with Gasteiger partial charge >= 0.3 is 6.09 Å². The third-order valence-electron chi connectivity index (χ3n) is 2.32. The highest BCUT2D eigenvalue weighted by Crippen LogP contribution is 2.22. The van der Waals surface area contributed by atoms with Crippen LogP contribution in [0.4, 0.5) is 4.79 Å². The van der Waals surface area contributed by atoms with Crippen LogP contribution < -0.4 is 5.32 Å². The molecule has 1 rings (SSSR count). The van der Waals surface area contributed by atoms with Gasteiger partial charge in [-0.25, -0.2) is 4.79 Å². The van der Waals surface area contributed by atoms with Crippen LogP contribution in [0.25, 0.3) is 0 Å². The molecule has 1 amide bonds. The molecule has 94 valence electrons. The lowest BCUT2D eigenvalue weighted by molar-refractivity contribution is 0.180. The van der Waals surface area contributed by atoms with E-state index >= 15 is 0 Å². The molecule has 0 saturated heterocycles. The van der Waals surface area contributed by atoms with Crippen LogP contribution in [-0.4, -0.2) is 21.7 Å². The monoisotopic (exact) mass is 320 g/mol. The van der Waals surface area contributed by atoms with Crippen molar-refractivity contribution >= 4 is 33.6 Å². The minimum atomic E-state index is -1.02. The van der Waals surface area contributed by atoms with Crippen LogP contribution in [0, 0.1) is 0 Å². The van der Waals surface area contributed by atoms with E-state index in [1.54, 1.807) is 12.3 Å². The van der Waals surface area contributed by atoms with Crippen molar-refractivity contribution in [2.24, 2.45) is 0 Å². The minimum absolute atomic E-state index is 0.496. The first-order valence-electron chi connectivity index (χ1n) is 5.11. The van der Waals surface area contributed by atoms with Crippen molar-refractivity contribution < 1.29 is 9.90 Å². The van der Waals surface area contributed by atoms with Crippen molar-refractivity contribution in [2.75, 3.05) is 0 Å². The summed E-state index contributed by atoms with van der Waals surface area (Å²) in [4.78, 5) is 14.8. The second-order valence-electron chi connectivity index (χ2n) is 4.40. The van der Waals surface area contributed by atoms with E-state index < -0.39 is 11.6 Å². The van der Waals surface area contributed by atoms with Crippen LogP contribution in [0.2, 0.25) is 5.02 Å². The van der Waals surface area contributed by atoms with E-state index in [2.05, 4.69) is 26.2 Å². The Morgan fingerprint density at radius 1 is 1.65 bits per heavy atom. The number of halogens is 2. The lowest BCUT2D eigenvalue weighted by atomic mass is 9.97. The van der Waals surface area contributed by atoms with Crippen molar-refractivity contribution in [3.8, 4) is 0 Å². The molecule has 0 aliphatic rings. The molecule has 0 aliphatic heterocycles. The molecule has 6 heteroatoms. The van der Waals surface area contributed by atoms with E-state index in [4.69, 9.17) is 16.7 Å². The minimum Gasteiger partial charge on any atom is -0.465 e. The maximum absolute atomic E-state index is 10.6. The number of rotatable bonds is 4. The van der Waals surface area contributed by atoms with E-state index in [0.29, 0.717) is 17.9 Å². The van der Waals surface area contributed by atoms with Gasteiger partial charge in [0, 0.05) is 16.2 Å². The van der Waals surface area contributed by atoms with Gasteiger partial charge in [0.15, 0.2) is 0 Å². The SMILES string of the molecule is CC(C)(CCc1ncc(Br)cc1Cl)NC(=O)O. The molecule has 2 N–H and O–H groups in total. The smallest absolute Gasteiger partial charge is 0.405 e. The topological polar surface area (TPSA) is 62.2 Å². The summed E-state index contributed by atoms with van der Waals surface area (Å²) in [6.45, 7) is 3.65. The summed E-state index contributed by atoms with van der Waals surface area (Å²) in [7, 11) is 0. The number of carboxylic acid groups (broad SMARTS) is 1. The van der Waals surface area contributed by atoms with Gasteiger partial charge in [0.25, 0.3) is 0 Å². The van der Waals surface area contributed by atoms with Crippen molar-refractivity contribution in [1.82, 2.24) is 10.3 Å². The number of aryl methyl sites for hydroxylation is 1. The maximum atomic E-state index is 10.6. The quantitative estimate of drug-likeness (QED) is 0.892. The van der Waals surface area contributed by atoms with Crippen molar-refractivity contribution in [3.05, 3.63) is 27.5 Å².